The van der Waals surface area contributed by atoms with E-state index in [-0.39, 0.29) is 48.8 Å². The highest BCUT2D eigenvalue weighted by Gasteiger charge is 2.21. The van der Waals surface area contributed by atoms with Crippen LogP contribution >= 0.6 is 58.0 Å². The van der Waals surface area contributed by atoms with Crippen molar-refractivity contribution in [1.29, 1.82) is 0 Å². The summed E-state index contributed by atoms with van der Waals surface area (Å²) in [5.41, 5.74) is 0.176. The number of ketones is 1. The Morgan fingerprint density at radius 2 is 1.62 bits per heavy atom. The fraction of sp³-hybridized carbons (Fsp3) is 0.0952. The smallest absolute Gasteiger partial charge is 0.387 e. The first-order valence-electron chi connectivity index (χ1n) is 8.67. The van der Waals surface area contributed by atoms with E-state index in [1.165, 1.54) is 36.4 Å². The molecule has 2 aromatic carbocycles. The zero-order valence-electron chi connectivity index (χ0n) is 15.7. The van der Waals surface area contributed by atoms with Crippen molar-refractivity contribution in [2.24, 2.45) is 0 Å². The number of hydrogen-bond donors (Lipinski definition) is 0. The number of hydrogen-bond acceptors (Lipinski definition) is 4. The molecule has 11 heteroatoms. The van der Waals surface area contributed by atoms with Crippen LogP contribution in [-0.4, -0.2) is 12.4 Å². The van der Waals surface area contributed by atoms with Gasteiger partial charge in [0.05, 0.1) is 15.1 Å². The Balaban J connectivity index is 1.67. The van der Waals surface area contributed by atoms with E-state index in [4.69, 9.17) is 67.2 Å². The van der Waals surface area contributed by atoms with Gasteiger partial charge in [0, 0.05) is 5.56 Å². The van der Waals surface area contributed by atoms with E-state index in [0.717, 1.165) is 0 Å². The van der Waals surface area contributed by atoms with E-state index in [2.05, 4.69) is 4.74 Å². The van der Waals surface area contributed by atoms with Gasteiger partial charge in [-0.05, 0) is 36.4 Å². The molecule has 0 bridgehead atoms. The van der Waals surface area contributed by atoms with Gasteiger partial charge in [-0.2, -0.15) is 8.78 Å². The number of carbonyl (C=O) groups is 1. The SMILES string of the molecule is O=C(/C=C/c1ccc(COc2c(Cl)c(Cl)c(Cl)c(Cl)c2Cl)o1)c1cccc(OC(F)F)c1. The summed E-state index contributed by atoms with van der Waals surface area (Å²) in [6, 6.07) is 8.67. The number of allylic oxidation sites excluding steroid dienone is 1. The lowest BCUT2D eigenvalue weighted by Gasteiger charge is -2.12. The Kier molecular flexibility index (Phi) is 8.31. The minimum absolute atomic E-state index is 0.00129. The predicted octanol–water partition coefficient (Wildman–Crippen LogP) is 8.62. The minimum Gasteiger partial charge on any atom is -0.482 e. The Morgan fingerprint density at radius 1 is 0.969 bits per heavy atom. The van der Waals surface area contributed by atoms with Crippen LogP contribution in [0, 0.1) is 0 Å². The van der Waals surface area contributed by atoms with Crippen molar-refractivity contribution in [3.8, 4) is 11.5 Å². The van der Waals surface area contributed by atoms with E-state index in [9.17, 15) is 13.6 Å². The first kappa shape index (κ1) is 24.7. The molecular weight excluding hydrogens is 531 g/mol. The van der Waals surface area contributed by atoms with Crippen molar-refractivity contribution < 1.29 is 27.5 Å². The monoisotopic (exact) mass is 540 g/mol. The zero-order valence-corrected chi connectivity index (χ0v) is 19.5. The number of halogens is 7. The summed E-state index contributed by atoms with van der Waals surface area (Å²) in [6.07, 6.45) is 2.65. The molecule has 168 valence electrons. The van der Waals surface area contributed by atoms with Crippen molar-refractivity contribution in [3.05, 3.63) is 84.7 Å². The molecule has 0 fully saturated rings. The van der Waals surface area contributed by atoms with Crippen LogP contribution in [0.2, 0.25) is 25.1 Å². The van der Waals surface area contributed by atoms with Gasteiger partial charge in [-0.3, -0.25) is 4.79 Å². The molecule has 0 saturated heterocycles. The molecule has 3 aromatic rings. The van der Waals surface area contributed by atoms with Crippen molar-refractivity contribution in [2.45, 2.75) is 13.2 Å². The van der Waals surface area contributed by atoms with Gasteiger partial charge >= 0.3 is 6.61 Å². The van der Waals surface area contributed by atoms with Crippen LogP contribution in [0.15, 0.2) is 46.9 Å². The van der Waals surface area contributed by atoms with Gasteiger partial charge in [-0.25, -0.2) is 0 Å². The highest BCUT2D eigenvalue weighted by Crippen LogP contribution is 2.48. The topological polar surface area (TPSA) is 48.7 Å². The summed E-state index contributed by atoms with van der Waals surface area (Å²) in [6.45, 7) is -3.05. The van der Waals surface area contributed by atoms with E-state index in [1.807, 2.05) is 0 Å². The second kappa shape index (κ2) is 10.8. The maximum atomic E-state index is 12.3. The average molecular weight is 543 g/mol. The Labute approximate surface area is 206 Å². The molecule has 4 nitrogen and oxygen atoms in total. The first-order chi connectivity index (χ1) is 15.2. The summed E-state index contributed by atoms with van der Waals surface area (Å²) in [5.74, 6) is 0.238. The van der Waals surface area contributed by atoms with Crippen LogP contribution in [0.3, 0.4) is 0 Å². The molecule has 0 unspecified atom stereocenters. The van der Waals surface area contributed by atoms with Gasteiger partial charge in [0.25, 0.3) is 0 Å². The fourth-order valence-electron chi connectivity index (χ4n) is 2.50. The zero-order chi connectivity index (χ0) is 23.4. The second-order valence-corrected chi connectivity index (χ2v) is 7.99. The highest BCUT2D eigenvalue weighted by molar-refractivity contribution is 6.55. The number of furan rings is 1. The lowest BCUT2D eigenvalue weighted by atomic mass is 10.1. The van der Waals surface area contributed by atoms with E-state index >= 15 is 0 Å². The first-order valence-corrected chi connectivity index (χ1v) is 10.6. The molecule has 0 aliphatic heterocycles. The number of alkyl halides is 2. The van der Waals surface area contributed by atoms with Crippen LogP contribution in [0.25, 0.3) is 6.08 Å². The molecule has 1 heterocycles. The summed E-state index contributed by atoms with van der Waals surface area (Å²) in [5, 5.41) is 0.0181. The summed E-state index contributed by atoms with van der Waals surface area (Å²) in [4.78, 5) is 12.3. The molecule has 0 spiro atoms. The van der Waals surface area contributed by atoms with Gasteiger partial charge in [-0.15, -0.1) is 0 Å². The molecular formula is C21H11Cl5F2O4. The minimum atomic E-state index is -2.98. The van der Waals surface area contributed by atoms with Crippen molar-refractivity contribution in [3.63, 3.8) is 0 Å². The Bertz CT molecular complexity index is 1150. The molecule has 0 aliphatic rings. The molecule has 0 amide bonds. The van der Waals surface area contributed by atoms with E-state index in [0.29, 0.717) is 11.5 Å². The normalized spacial score (nSPS) is 11.4. The molecule has 0 aliphatic carbocycles. The average Bonchev–Trinajstić information content (AvgIpc) is 3.22. The van der Waals surface area contributed by atoms with Crippen LogP contribution < -0.4 is 9.47 Å². The standard InChI is InChI=1S/C21H11Cl5F2O4/c22-15-16(23)18(25)20(19(26)17(15)24)30-9-13-5-4-11(31-13)6-7-14(29)10-2-1-3-12(8-10)32-21(27)28/h1-8,21H,9H2/b7-6+. The summed E-state index contributed by atoms with van der Waals surface area (Å²) in [7, 11) is 0. The number of rotatable bonds is 8. The largest absolute Gasteiger partial charge is 0.482 e. The lowest BCUT2D eigenvalue weighted by molar-refractivity contribution is -0.0498. The van der Waals surface area contributed by atoms with Gasteiger partial charge in [0.1, 0.15) is 33.9 Å². The second-order valence-electron chi connectivity index (χ2n) is 6.10. The van der Waals surface area contributed by atoms with Crippen molar-refractivity contribution in [2.75, 3.05) is 0 Å². The molecule has 3 rings (SSSR count). The summed E-state index contributed by atoms with van der Waals surface area (Å²) < 4.78 is 40.1. The van der Waals surface area contributed by atoms with Crippen molar-refractivity contribution in [1.82, 2.24) is 0 Å². The van der Waals surface area contributed by atoms with E-state index in [1.54, 1.807) is 12.1 Å². The molecule has 0 atom stereocenters. The van der Waals surface area contributed by atoms with E-state index < -0.39 is 12.4 Å². The van der Waals surface area contributed by atoms with Crippen LogP contribution in [0.5, 0.6) is 11.5 Å². The number of carbonyl (C=O) groups excluding carboxylic acids is 1. The molecule has 0 radical (unpaired) electrons. The third kappa shape index (κ3) is 5.88. The number of ether oxygens (including phenoxy) is 2. The quantitative estimate of drug-likeness (QED) is 0.124. The molecule has 32 heavy (non-hydrogen) atoms. The fourth-order valence-corrected chi connectivity index (χ4v) is 3.73. The van der Waals surface area contributed by atoms with Crippen LogP contribution in [0.4, 0.5) is 8.78 Å². The van der Waals surface area contributed by atoms with Gasteiger partial charge in [-0.1, -0.05) is 70.1 Å². The van der Waals surface area contributed by atoms with Crippen LogP contribution in [-0.2, 0) is 6.61 Å². The number of benzene rings is 2. The Hall–Kier alpha value is -1.96. The third-order valence-electron chi connectivity index (χ3n) is 3.95. The molecule has 0 saturated carbocycles. The summed E-state index contributed by atoms with van der Waals surface area (Å²) >= 11 is 30.2. The van der Waals surface area contributed by atoms with Gasteiger partial charge < -0.3 is 13.9 Å². The van der Waals surface area contributed by atoms with Gasteiger partial charge in [0.2, 0.25) is 0 Å². The lowest BCUT2D eigenvalue weighted by Crippen LogP contribution is -2.03. The maximum Gasteiger partial charge on any atom is 0.387 e. The van der Waals surface area contributed by atoms with Crippen molar-refractivity contribution >= 4 is 69.9 Å². The predicted molar refractivity (Wildman–Crippen MR) is 121 cm³/mol. The Morgan fingerprint density at radius 3 is 2.28 bits per heavy atom. The third-order valence-corrected chi connectivity index (χ3v) is 6.20. The molecule has 1 aromatic heterocycles. The van der Waals surface area contributed by atoms with Gasteiger partial charge in [0.15, 0.2) is 11.5 Å². The highest BCUT2D eigenvalue weighted by atomic mass is 35.5. The van der Waals surface area contributed by atoms with Crippen LogP contribution in [0.1, 0.15) is 21.9 Å². The maximum absolute atomic E-state index is 12.3. The molecule has 0 N–H and O–H groups in total.